The third-order valence-corrected chi connectivity index (χ3v) is 5.66. The molecule has 1 aliphatic rings. The van der Waals surface area contributed by atoms with Crippen LogP contribution in [0.25, 0.3) is 10.9 Å². The molecule has 3 rings (SSSR count). The second-order valence-electron chi connectivity index (χ2n) is 5.35. The van der Waals surface area contributed by atoms with Crippen molar-refractivity contribution in [2.45, 2.75) is 18.2 Å². The van der Waals surface area contributed by atoms with Gasteiger partial charge in [0.15, 0.2) is 0 Å². The second kappa shape index (κ2) is 6.91. The monoisotopic (exact) mass is 341 g/mol. The molecule has 1 aliphatic heterocycles. The van der Waals surface area contributed by atoms with Gasteiger partial charge in [0, 0.05) is 31.2 Å². The van der Waals surface area contributed by atoms with Crippen LogP contribution in [0.2, 0.25) is 0 Å². The number of halogens is 1. The smallest absolute Gasteiger partial charge is 0.245 e. The predicted octanol–water partition coefficient (Wildman–Crippen LogP) is 1.95. The molecule has 0 spiro atoms. The zero-order valence-corrected chi connectivity index (χ0v) is 14.1. The number of aryl methyl sites for hydroxylation is 1. The van der Waals surface area contributed by atoms with Crippen molar-refractivity contribution in [3.8, 4) is 0 Å². The van der Waals surface area contributed by atoms with Crippen LogP contribution < -0.4 is 5.32 Å². The molecule has 120 valence electrons. The summed E-state index contributed by atoms with van der Waals surface area (Å²) in [6.45, 7) is 4.56. The van der Waals surface area contributed by atoms with Gasteiger partial charge in [0.1, 0.15) is 4.90 Å². The SMILES string of the molecule is Cc1cnc2c(S(=O)(=O)N3CCCNCC3)cccc2c1.Cl. The van der Waals surface area contributed by atoms with Gasteiger partial charge in [-0.2, -0.15) is 4.31 Å². The fourth-order valence-corrected chi connectivity index (χ4v) is 4.30. The summed E-state index contributed by atoms with van der Waals surface area (Å²) in [6, 6.07) is 7.30. The fraction of sp³-hybridized carbons (Fsp3) is 0.400. The van der Waals surface area contributed by atoms with Gasteiger partial charge in [-0.1, -0.05) is 12.1 Å². The standard InChI is InChI=1S/C15H19N3O2S.ClH/c1-12-10-13-4-2-5-14(15(13)17-11-12)21(19,20)18-8-3-6-16-7-9-18;/h2,4-5,10-11,16H,3,6-9H2,1H3;1H. The molecular formula is C15H20ClN3O2S. The van der Waals surface area contributed by atoms with Crippen LogP contribution in [0.5, 0.6) is 0 Å². The predicted molar refractivity (Wildman–Crippen MR) is 90.0 cm³/mol. The maximum atomic E-state index is 12.9. The van der Waals surface area contributed by atoms with Gasteiger partial charge in [-0.3, -0.25) is 4.98 Å². The normalized spacial score (nSPS) is 17.0. The summed E-state index contributed by atoms with van der Waals surface area (Å²) in [5, 5.41) is 4.09. The number of aromatic nitrogens is 1. The van der Waals surface area contributed by atoms with Gasteiger partial charge in [-0.25, -0.2) is 8.42 Å². The van der Waals surface area contributed by atoms with Crippen LogP contribution in [-0.2, 0) is 10.0 Å². The third-order valence-electron chi connectivity index (χ3n) is 3.73. The molecule has 2 heterocycles. The molecule has 2 aromatic rings. The maximum Gasteiger partial charge on any atom is 0.245 e. The molecule has 1 N–H and O–H groups in total. The number of hydrogen-bond donors (Lipinski definition) is 1. The summed E-state index contributed by atoms with van der Waals surface area (Å²) in [5.74, 6) is 0. The van der Waals surface area contributed by atoms with Crippen molar-refractivity contribution < 1.29 is 8.42 Å². The molecule has 5 nitrogen and oxygen atoms in total. The molecule has 0 aliphatic carbocycles. The number of nitrogens with one attached hydrogen (secondary N) is 1. The first kappa shape index (κ1) is 17.1. The first-order valence-corrected chi connectivity index (χ1v) is 8.59. The number of pyridine rings is 1. The molecule has 1 aromatic heterocycles. The van der Waals surface area contributed by atoms with E-state index in [9.17, 15) is 8.42 Å². The van der Waals surface area contributed by atoms with Crippen molar-refractivity contribution in [3.63, 3.8) is 0 Å². The molecular weight excluding hydrogens is 322 g/mol. The topological polar surface area (TPSA) is 62.3 Å². The van der Waals surface area contributed by atoms with E-state index in [-0.39, 0.29) is 12.4 Å². The van der Waals surface area contributed by atoms with E-state index >= 15 is 0 Å². The number of hydrogen-bond acceptors (Lipinski definition) is 4. The number of benzene rings is 1. The minimum Gasteiger partial charge on any atom is -0.315 e. The number of nitrogens with zero attached hydrogens (tertiary/aromatic N) is 2. The molecule has 1 saturated heterocycles. The molecule has 1 fully saturated rings. The number of para-hydroxylation sites is 1. The highest BCUT2D eigenvalue weighted by molar-refractivity contribution is 7.89. The highest BCUT2D eigenvalue weighted by Crippen LogP contribution is 2.25. The first-order valence-electron chi connectivity index (χ1n) is 7.15. The van der Waals surface area contributed by atoms with Gasteiger partial charge in [0.2, 0.25) is 10.0 Å². The second-order valence-corrected chi connectivity index (χ2v) is 7.25. The van der Waals surface area contributed by atoms with E-state index in [0.29, 0.717) is 30.0 Å². The van der Waals surface area contributed by atoms with E-state index in [4.69, 9.17) is 0 Å². The van der Waals surface area contributed by atoms with E-state index in [1.807, 2.05) is 19.1 Å². The van der Waals surface area contributed by atoms with E-state index in [1.54, 1.807) is 22.6 Å². The molecule has 7 heteroatoms. The number of rotatable bonds is 2. The Balaban J connectivity index is 0.00000176. The van der Waals surface area contributed by atoms with Crippen molar-refractivity contribution >= 4 is 33.3 Å². The Morgan fingerprint density at radius 3 is 2.86 bits per heavy atom. The van der Waals surface area contributed by atoms with Gasteiger partial charge in [-0.05, 0) is 37.6 Å². The molecule has 0 unspecified atom stereocenters. The Hall–Kier alpha value is -1.21. The van der Waals surface area contributed by atoms with Crippen molar-refractivity contribution in [3.05, 3.63) is 36.0 Å². The molecule has 0 radical (unpaired) electrons. The molecule has 0 amide bonds. The van der Waals surface area contributed by atoms with Crippen molar-refractivity contribution in [2.75, 3.05) is 26.2 Å². The molecule has 22 heavy (non-hydrogen) atoms. The molecule has 0 atom stereocenters. The Morgan fingerprint density at radius 1 is 1.23 bits per heavy atom. The lowest BCUT2D eigenvalue weighted by molar-refractivity contribution is 0.432. The van der Waals surface area contributed by atoms with E-state index in [0.717, 1.165) is 23.9 Å². The molecule has 1 aromatic carbocycles. The van der Waals surface area contributed by atoms with Gasteiger partial charge in [0.05, 0.1) is 5.52 Å². The van der Waals surface area contributed by atoms with Crippen molar-refractivity contribution in [1.29, 1.82) is 0 Å². The van der Waals surface area contributed by atoms with E-state index in [1.165, 1.54) is 0 Å². The van der Waals surface area contributed by atoms with Crippen LogP contribution in [0.1, 0.15) is 12.0 Å². The number of fused-ring (bicyclic) bond motifs is 1. The fourth-order valence-electron chi connectivity index (χ4n) is 2.65. The van der Waals surface area contributed by atoms with Gasteiger partial charge >= 0.3 is 0 Å². The van der Waals surface area contributed by atoms with Crippen LogP contribution in [0.15, 0.2) is 35.4 Å². The maximum absolute atomic E-state index is 12.9. The molecule has 0 saturated carbocycles. The van der Waals surface area contributed by atoms with Gasteiger partial charge in [0.25, 0.3) is 0 Å². The number of sulfonamides is 1. The average Bonchev–Trinajstić information content (AvgIpc) is 2.75. The highest BCUT2D eigenvalue weighted by atomic mass is 35.5. The van der Waals surface area contributed by atoms with Crippen molar-refractivity contribution in [2.24, 2.45) is 0 Å². The minimum absolute atomic E-state index is 0. The average molecular weight is 342 g/mol. The summed E-state index contributed by atoms with van der Waals surface area (Å²) >= 11 is 0. The summed E-state index contributed by atoms with van der Waals surface area (Å²) in [6.07, 6.45) is 2.54. The Bertz CT molecular complexity index is 756. The van der Waals surface area contributed by atoms with Crippen LogP contribution >= 0.6 is 12.4 Å². The highest BCUT2D eigenvalue weighted by Gasteiger charge is 2.27. The van der Waals surface area contributed by atoms with E-state index < -0.39 is 10.0 Å². The van der Waals surface area contributed by atoms with Gasteiger partial charge in [-0.15, -0.1) is 12.4 Å². The zero-order chi connectivity index (χ0) is 14.9. The summed E-state index contributed by atoms with van der Waals surface area (Å²) < 4.78 is 27.4. The largest absolute Gasteiger partial charge is 0.315 e. The summed E-state index contributed by atoms with van der Waals surface area (Å²) in [5.41, 5.74) is 1.58. The Kier molecular flexibility index (Phi) is 5.39. The quantitative estimate of drug-likeness (QED) is 0.907. The van der Waals surface area contributed by atoms with Crippen molar-refractivity contribution in [1.82, 2.24) is 14.6 Å². The van der Waals surface area contributed by atoms with Crippen LogP contribution in [-0.4, -0.2) is 43.9 Å². The lowest BCUT2D eigenvalue weighted by Gasteiger charge is -2.20. The van der Waals surface area contributed by atoms with E-state index in [2.05, 4.69) is 10.3 Å². The Morgan fingerprint density at radius 2 is 2.05 bits per heavy atom. The minimum atomic E-state index is -3.49. The van der Waals surface area contributed by atoms with Crippen LogP contribution in [0.3, 0.4) is 0 Å². The Labute approximate surface area is 137 Å². The zero-order valence-electron chi connectivity index (χ0n) is 12.4. The van der Waals surface area contributed by atoms with Crippen LogP contribution in [0, 0.1) is 6.92 Å². The lowest BCUT2D eigenvalue weighted by Crippen LogP contribution is -2.34. The lowest BCUT2D eigenvalue weighted by atomic mass is 10.2. The summed E-state index contributed by atoms with van der Waals surface area (Å²) in [7, 11) is -3.49. The first-order chi connectivity index (χ1) is 10.1. The summed E-state index contributed by atoms with van der Waals surface area (Å²) in [4.78, 5) is 4.65. The van der Waals surface area contributed by atoms with Gasteiger partial charge < -0.3 is 5.32 Å². The van der Waals surface area contributed by atoms with Crippen LogP contribution in [0.4, 0.5) is 0 Å². The third kappa shape index (κ3) is 3.25. The molecule has 0 bridgehead atoms.